The standard InChI is InChI=1S/C16H20N2O4S/c1-10(2)17-13(19)11-3-5-12(6-4-11)14(20)18-16(15(21)22)7-8-23-9-16/h3-6,10H,7-9H2,1-2H3,(H,17,19)(H,18,20)(H,21,22). The van der Waals surface area contributed by atoms with Gasteiger partial charge in [-0.3, -0.25) is 9.59 Å². The van der Waals surface area contributed by atoms with Crippen LogP contribution in [0.1, 0.15) is 41.0 Å². The summed E-state index contributed by atoms with van der Waals surface area (Å²) < 4.78 is 0. The molecule has 0 aromatic heterocycles. The largest absolute Gasteiger partial charge is 0.479 e. The Labute approximate surface area is 139 Å². The van der Waals surface area contributed by atoms with E-state index in [-0.39, 0.29) is 11.9 Å². The van der Waals surface area contributed by atoms with E-state index in [9.17, 15) is 19.5 Å². The molecule has 23 heavy (non-hydrogen) atoms. The number of carboxylic acid groups (broad SMARTS) is 1. The van der Waals surface area contributed by atoms with Gasteiger partial charge in [0, 0.05) is 22.9 Å². The second-order valence-corrected chi connectivity index (χ2v) is 6.95. The topological polar surface area (TPSA) is 95.5 Å². The number of hydrogen-bond acceptors (Lipinski definition) is 4. The summed E-state index contributed by atoms with van der Waals surface area (Å²) in [6.07, 6.45) is 0.410. The zero-order chi connectivity index (χ0) is 17.0. The molecule has 7 heteroatoms. The predicted molar refractivity (Wildman–Crippen MR) is 88.8 cm³/mol. The molecule has 0 radical (unpaired) electrons. The predicted octanol–water partition coefficient (Wildman–Crippen LogP) is 1.51. The van der Waals surface area contributed by atoms with Crippen molar-refractivity contribution in [2.45, 2.75) is 31.8 Å². The molecular formula is C16H20N2O4S. The lowest BCUT2D eigenvalue weighted by molar-refractivity contribution is -0.143. The van der Waals surface area contributed by atoms with E-state index in [2.05, 4.69) is 10.6 Å². The molecule has 1 unspecified atom stereocenters. The summed E-state index contributed by atoms with van der Waals surface area (Å²) >= 11 is 1.51. The number of carboxylic acids is 1. The van der Waals surface area contributed by atoms with Crippen LogP contribution in [0.25, 0.3) is 0 Å². The molecular weight excluding hydrogens is 316 g/mol. The number of hydrogen-bond donors (Lipinski definition) is 3. The van der Waals surface area contributed by atoms with Crippen molar-refractivity contribution in [3.63, 3.8) is 0 Å². The van der Waals surface area contributed by atoms with Crippen LogP contribution in [-0.4, -0.2) is 46.0 Å². The van der Waals surface area contributed by atoms with Crippen LogP contribution < -0.4 is 10.6 Å². The summed E-state index contributed by atoms with van der Waals surface area (Å²) in [7, 11) is 0. The van der Waals surface area contributed by atoms with E-state index in [1.165, 1.54) is 23.9 Å². The summed E-state index contributed by atoms with van der Waals surface area (Å²) in [6.45, 7) is 3.73. The highest BCUT2D eigenvalue weighted by molar-refractivity contribution is 7.99. The molecule has 0 spiro atoms. The molecule has 0 saturated carbocycles. The quantitative estimate of drug-likeness (QED) is 0.758. The lowest BCUT2D eigenvalue weighted by Gasteiger charge is -2.24. The van der Waals surface area contributed by atoms with E-state index in [0.717, 1.165) is 0 Å². The van der Waals surface area contributed by atoms with Crippen molar-refractivity contribution in [2.24, 2.45) is 0 Å². The molecule has 124 valence electrons. The Hall–Kier alpha value is -2.02. The molecule has 1 heterocycles. The third-order valence-corrected chi connectivity index (χ3v) is 4.80. The van der Waals surface area contributed by atoms with E-state index in [4.69, 9.17) is 0 Å². The third kappa shape index (κ3) is 4.04. The van der Waals surface area contributed by atoms with Crippen molar-refractivity contribution in [3.8, 4) is 0 Å². The van der Waals surface area contributed by atoms with Crippen molar-refractivity contribution in [2.75, 3.05) is 11.5 Å². The molecule has 1 aromatic carbocycles. The normalized spacial score (nSPS) is 20.3. The Kier molecular flexibility index (Phi) is 5.30. The van der Waals surface area contributed by atoms with Gasteiger partial charge in [0.05, 0.1) is 0 Å². The highest BCUT2D eigenvalue weighted by Crippen LogP contribution is 2.28. The second-order valence-electron chi connectivity index (χ2n) is 5.85. The minimum Gasteiger partial charge on any atom is -0.479 e. The first kappa shape index (κ1) is 17.3. The molecule has 1 atom stereocenters. The molecule has 1 aromatic rings. The van der Waals surface area contributed by atoms with Crippen LogP contribution in [0.4, 0.5) is 0 Å². The van der Waals surface area contributed by atoms with Gasteiger partial charge in [-0.25, -0.2) is 4.79 Å². The van der Waals surface area contributed by atoms with E-state index in [1.54, 1.807) is 12.1 Å². The Bertz CT molecular complexity index is 607. The molecule has 0 bridgehead atoms. The van der Waals surface area contributed by atoms with Crippen LogP contribution in [0.5, 0.6) is 0 Å². The van der Waals surface area contributed by atoms with Crippen LogP contribution >= 0.6 is 11.8 Å². The SMILES string of the molecule is CC(C)NC(=O)c1ccc(C(=O)NC2(C(=O)O)CCSC2)cc1. The molecule has 0 aliphatic carbocycles. The average molecular weight is 336 g/mol. The number of aliphatic carboxylic acids is 1. The average Bonchev–Trinajstić information content (AvgIpc) is 2.96. The summed E-state index contributed by atoms with van der Waals surface area (Å²) in [5.74, 6) is -0.584. The zero-order valence-corrected chi connectivity index (χ0v) is 13.9. The van der Waals surface area contributed by atoms with Crippen LogP contribution in [0, 0.1) is 0 Å². The first-order valence-electron chi connectivity index (χ1n) is 7.39. The number of carbonyl (C=O) groups excluding carboxylic acids is 2. The maximum atomic E-state index is 12.3. The Morgan fingerprint density at radius 3 is 2.13 bits per heavy atom. The van der Waals surface area contributed by atoms with E-state index >= 15 is 0 Å². The second kappa shape index (κ2) is 7.04. The van der Waals surface area contributed by atoms with Crippen molar-refractivity contribution >= 4 is 29.5 Å². The molecule has 2 amide bonds. The highest BCUT2D eigenvalue weighted by Gasteiger charge is 2.43. The van der Waals surface area contributed by atoms with Crippen LogP contribution in [0.3, 0.4) is 0 Å². The monoisotopic (exact) mass is 336 g/mol. The van der Waals surface area contributed by atoms with Gasteiger partial charge >= 0.3 is 5.97 Å². The van der Waals surface area contributed by atoms with Crippen LogP contribution in [-0.2, 0) is 4.79 Å². The number of benzene rings is 1. The van der Waals surface area contributed by atoms with Gasteiger partial charge in [-0.05, 0) is 50.3 Å². The summed E-state index contributed by atoms with van der Waals surface area (Å²) in [4.78, 5) is 35.6. The Morgan fingerprint density at radius 2 is 1.70 bits per heavy atom. The third-order valence-electron chi connectivity index (χ3n) is 3.61. The first-order chi connectivity index (χ1) is 10.8. The fourth-order valence-corrected chi connectivity index (χ4v) is 3.62. The van der Waals surface area contributed by atoms with Gasteiger partial charge in [-0.15, -0.1) is 0 Å². The van der Waals surface area contributed by atoms with E-state index in [1.807, 2.05) is 13.8 Å². The molecule has 1 aliphatic rings. The maximum absolute atomic E-state index is 12.3. The Morgan fingerprint density at radius 1 is 1.13 bits per heavy atom. The van der Waals surface area contributed by atoms with Gasteiger partial charge in [0.2, 0.25) is 0 Å². The lowest BCUT2D eigenvalue weighted by Crippen LogP contribution is -2.54. The molecule has 3 N–H and O–H groups in total. The lowest BCUT2D eigenvalue weighted by atomic mass is 9.98. The van der Waals surface area contributed by atoms with E-state index < -0.39 is 17.4 Å². The van der Waals surface area contributed by atoms with Crippen LogP contribution in [0.15, 0.2) is 24.3 Å². The molecule has 1 saturated heterocycles. The molecule has 1 aliphatic heterocycles. The van der Waals surface area contributed by atoms with Gasteiger partial charge in [-0.1, -0.05) is 0 Å². The fraction of sp³-hybridized carbons (Fsp3) is 0.438. The maximum Gasteiger partial charge on any atom is 0.330 e. The smallest absolute Gasteiger partial charge is 0.330 e. The molecule has 2 rings (SSSR count). The van der Waals surface area contributed by atoms with E-state index in [0.29, 0.717) is 29.1 Å². The number of rotatable bonds is 5. The fourth-order valence-electron chi connectivity index (χ4n) is 2.29. The molecule has 1 fully saturated rings. The van der Waals surface area contributed by atoms with Crippen molar-refractivity contribution in [1.82, 2.24) is 10.6 Å². The Balaban J connectivity index is 2.08. The number of amides is 2. The van der Waals surface area contributed by atoms with Crippen molar-refractivity contribution in [3.05, 3.63) is 35.4 Å². The van der Waals surface area contributed by atoms with Gasteiger partial charge in [-0.2, -0.15) is 11.8 Å². The zero-order valence-electron chi connectivity index (χ0n) is 13.1. The van der Waals surface area contributed by atoms with Crippen molar-refractivity contribution in [1.29, 1.82) is 0 Å². The number of carbonyl (C=O) groups is 3. The van der Waals surface area contributed by atoms with Gasteiger partial charge in [0.25, 0.3) is 11.8 Å². The van der Waals surface area contributed by atoms with Gasteiger partial charge < -0.3 is 15.7 Å². The van der Waals surface area contributed by atoms with Crippen LogP contribution in [0.2, 0.25) is 0 Å². The summed E-state index contributed by atoms with van der Waals surface area (Å²) in [5.41, 5.74) is -0.404. The number of thioether (sulfide) groups is 1. The highest BCUT2D eigenvalue weighted by atomic mass is 32.2. The summed E-state index contributed by atoms with van der Waals surface area (Å²) in [5, 5.41) is 14.8. The van der Waals surface area contributed by atoms with Gasteiger partial charge in [0.1, 0.15) is 5.54 Å². The molecule has 6 nitrogen and oxygen atoms in total. The van der Waals surface area contributed by atoms with Crippen molar-refractivity contribution < 1.29 is 19.5 Å². The number of nitrogens with one attached hydrogen (secondary N) is 2. The van der Waals surface area contributed by atoms with Gasteiger partial charge in [0.15, 0.2) is 0 Å². The minimum atomic E-state index is -1.20. The summed E-state index contributed by atoms with van der Waals surface area (Å²) in [6, 6.07) is 6.21. The minimum absolute atomic E-state index is 0.0285. The first-order valence-corrected chi connectivity index (χ1v) is 8.54.